The van der Waals surface area contributed by atoms with Gasteiger partial charge in [0.2, 0.25) is 0 Å². The SMILES string of the molecule is Cc1noc(C2COCCN2C(=O)c2csnc2C)n1. The molecule has 0 N–H and O–H groups in total. The molecule has 3 heterocycles. The predicted molar refractivity (Wildman–Crippen MR) is 70.5 cm³/mol. The summed E-state index contributed by atoms with van der Waals surface area (Å²) in [5, 5.41) is 5.54. The minimum atomic E-state index is -0.336. The van der Waals surface area contributed by atoms with E-state index in [0.717, 1.165) is 5.69 Å². The number of aryl methyl sites for hydroxylation is 2. The van der Waals surface area contributed by atoms with E-state index < -0.39 is 0 Å². The van der Waals surface area contributed by atoms with Crippen LogP contribution in [0.1, 0.15) is 33.8 Å². The van der Waals surface area contributed by atoms with Crippen LogP contribution >= 0.6 is 11.5 Å². The van der Waals surface area contributed by atoms with Crippen LogP contribution in [0.2, 0.25) is 0 Å². The zero-order valence-electron chi connectivity index (χ0n) is 11.2. The molecule has 0 aliphatic carbocycles. The zero-order valence-corrected chi connectivity index (χ0v) is 12.0. The van der Waals surface area contributed by atoms with Gasteiger partial charge in [0.25, 0.3) is 11.8 Å². The molecule has 0 spiro atoms. The summed E-state index contributed by atoms with van der Waals surface area (Å²) in [6.07, 6.45) is 0. The van der Waals surface area contributed by atoms with Crippen LogP contribution in [-0.2, 0) is 4.74 Å². The summed E-state index contributed by atoms with van der Waals surface area (Å²) in [6, 6.07) is -0.336. The van der Waals surface area contributed by atoms with E-state index in [1.165, 1.54) is 11.5 Å². The Hall–Kier alpha value is -1.80. The summed E-state index contributed by atoms with van der Waals surface area (Å²) in [6.45, 7) is 4.95. The van der Waals surface area contributed by atoms with E-state index in [4.69, 9.17) is 9.26 Å². The van der Waals surface area contributed by atoms with Gasteiger partial charge in [-0.2, -0.15) is 9.36 Å². The molecular formula is C12H14N4O3S. The largest absolute Gasteiger partial charge is 0.377 e. The number of amides is 1. The van der Waals surface area contributed by atoms with Gasteiger partial charge < -0.3 is 14.2 Å². The molecule has 1 amide bonds. The number of carbonyl (C=O) groups is 1. The van der Waals surface area contributed by atoms with Gasteiger partial charge in [0.05, 0.1) is 24.5 Å². The Morgan fingerprint density at radius 2 is 2.35 bits per heavy atom. The number of carbonyl (C=O) groups excluding carboxylic acids is 1. The number of morpholine rings is 1. The van der Waals surface area contributed by atoms with Gasteiger partial charge in [-0.1, -0.05) is 5.16 Å². The number of nitrogens with zero attached hydrogens (tertiary/aromatic N) is 4. The summed E-state index contributed by atoms with van der Waals surface area (Å²) in [7, 11) is 0. The van der Waals surface area contributed by atoms with Crippen LogP contribution in [0.15, 0.2) is 9.90 Å². The van der Waals surface area contributed by atoms with E-state index in [1.807, 2.05) is 6.92 Å². The topological polar surface area (TPSA) is 81.4 Å². The first-order valence-electron chi connectivity index (χ1n) is 6.26. The first-order valence-corrected chi connectivity index (χ1v) is 7.10. The van der Waals surface area contributed by atoms with Crippen molar-refractivity contribution < 1.29 is 14.1 Å². The van der Waals surface area contributed by atoms with E-state index in [-0.39, 0.29) is 11.9 Å². The monoisotopic (exact) mass is 294 g/mol. The Morgan fingerprint density at radius 1 is 1.50 bits per heavy atom. The predicted octanol–water partition coefficient (Wildman–Crippen LogP) is 1.36. The lowest BCUT2D eigenvalue weighted by Gasteiger charge is -2.33. The highest BCUT2D eigenvalue weighted by molar-refractivity contribution is 7.03. The summed E-state index contributed by atoms with van der Waals surface area (Å²) in [5.41, 5.74) is 1.37. The third-order valence-corrected chi connectivity index (χ3v) is 3.92. The van der Waals surface area contributed by atoms with Crippen molar-refractivity contribution in [3.05, 3.63) is 28.4 Å². The molecule has 8 heteroatoms. The molecular weight excluding hydrogens is 280 g/mol. The van der Waals surface area contributed by atoms with Gasteiger partial charge in [0, 0.05) is 11.9 Å². The number of hydrogen-bond acceptors (Lipinski definition) is 7. The molecule has 3 rings (SSSR count). The lowest BCUT2D eigenvalue weighted by Crippen LogP contribution is -2.43. The van der Waals surface area contributed by atoms with Gasteiger partial charge in [-0.15, -0.1) is 0 Å². The molecule has 2 aromatic rings. The minimum Gasteiger partial charge on any atom is -0.377 e. The summed E-state index contributed by atoms with van der Waals surface area (Å²) >= 11 is 1.28. The Morgan fingerprint density at radius 3 is 3.00 bits per heavy atom. The minimum absolute atomic E-state index is 0.0691. The van der Waals surface area contributed by atoms with Crippen LogP contribution in [0.4, 0.5) is 0 Å². The van der Waals surface area contributed by atoms with Crippen molar-refractivity contribution in [3.8, 4) is 0 Å². The van der Waals surface area contributed by atoms with E-state index >= 15 is 0 Å². The Bertz CT molecular complexity index is 624. The average Bonchev–Trinajstić information content (AvgIpc) is 3.07. The van der Waals surface area contributed by atoms with Crippen LogP contribution in [-0.4, -0.2) is 45.1 Å². The molecule has 1 atom stereocenters. The molecule has 0 radical (unpaired) electrons. The molecule has 1 aliphatic rings. The van der Waals surface area contributed by atoms with Gasteiger partial charge in [-0.05, 0) is 25.4 Å². The fraction of sp³-hybridized carbons (Fsp3) is 0.500. The number of aromatic nitrogens is 3. The molecule has 1 aliphatic heterocycles. The van der Waals surface area contributed by atoms with Crippen molar-refractivity contribution >= 4 is 17.4 Å². The standard InChI is InChI=1S/C12H14N4O3S/c1-7-9(6-20-15-7)12(17)16-3-4-18-5-10(16)11-13-8(2)14-19-11/h6,10H,3-5H2,1-2H3. The molecule has 106 valence electrons. The van der Waals surface area contributed by atoms with Crippen LogP contribution in [0.3, 0.4) is 0 Å². The maximum atomic E-state index is 12.6. The quantitative estimate of drug-likeness (QED) is 0.831. The van der Waals surface area contributed by atoms with Crippen LogP contribution in [0.5, 0.6) is 0 Å². The zero-order chi connectivity index (χ0) is 14.1. The molecule has 0 saturated carbocycles. The number of hydrogen-bond donors (Lipinski definition) is 0. The van der Waals surface area contributed by atoms with Crippen molar-refractivity contribution in [2.75, 3.05) is 19.8 Å². The second kappa shape index (κ2) is 5.29. The average molecular weight is 294 g/mol. The van der Waals surface area contributed by atoms with E-state index in [2.05, 4.69) is 14.5 Å². The van der Waals surface area contributed by atoms with Crippen molar-refractivity contribution in [2.24, 2.45) is 0 Å². The van der Waals surface area contributed by atoms with Gasteiger partial charge in [0.1, 0.15) is 6.04 Å². The lowest BCUT2D eigenvalue weighted by molar-refractivity contribution is -0.0119. The van der Waals surface area contributed by atoms with Gasteiger partial charge in [0.15, 0.2) is 5.82 Å². The highest BCUT2D eigenvalue weighted by atomic mass is 32.1. The Kier molecular flexibility index (Phi) is 3.49. The fourth-order valence-corrected chi connectivity index (χ4v) is 2.84. The van der Waals surface area contributed by atoms with Crippen molar-refractivity contribution in [1.82, 2.24) is 19.4 Å². The molecule has 20 heavy (non-hydrogen) atoms. The summed E-state index contributed by atoms with van der Waals surface area (Å²) in [4.78, 5) is 18.5. The van der Waals surface area contributed by atoms with Gasteiger partial charge >= 0.3 is 0 Å². The third kappa shape index (κ3) is 2.32. The summed E-state index contributed by atoms with van der Waals surface area (Å²) in [5.74, 6) is 0.892. The molecule has 0 aromatic carbocycles. The molecule has 1 saturated heterocycles. The molecule has 7 nitrogen and oxygen atoms in total. The highest BCUT2D eigenvalue weighted by Crippen LogP contribution is 2.25. The number of rotatable bonds is 2. The highest BCUT2D eigenvalue weighted by Gasteiger charge is 2.34. The first kappa shape index (κ1) is 13.2. The van der Waals surface area contributed by atoms with Crippen molar-refractivity contribution in [2.45, 2.75) is 19.9 Å². The van der Waals surface area contributed by atoms with E-state index in [1.54, 1.807) is 17.2 Å². The lowest BCUT2D eigenvalue weighted by atomic mass is 10.1. The van der Waals surface area contributed by atoms with Crippen molar-refractivity contribution in [1.29, 1.82) is 0 Å². The van der Waals surface area contributed by atoms with Gasteiger partial charge in [-0.25, -0.2) is 0 Å². The van der Waals surface area contributed by atoms with Crippen LogP contribution in [0.25, 0.3) is 0 Å². The number of ether oxygens (including phenoxy) is 1. The fourth-order valence-electron chi connectivity index (χ4n) is 2.15. The molecule has 0 bridgehead atoms. The third-order valence-electron chi connectivity index (χ3n) is 3.20. The Labute approximate surface area is 119 Å². The second-order valence-electron chi connectivity index (χ2n) is 4.58. The molecule has 2 aromatic heterocycles. The molecule has 1 fully saturated rings. The summed E-state index contributed by atoms with van der Waals surface area (Å²) < 4.78 is 14.8. The molecule has 1 unspecified atom stereocenters. The first-order chi connectivity index (χ1) is 9.66. The maximum absolute atomic E-state index is 12.6. The van der Waals surface area contributed by atoms with E-state index in [9.17, 15) is 4.79 Å². The van der Waals surface area contributed by atoms with Crippen LogP contribution in [0, 0.1) is 13.8 Å². The smallest absolute Gasteiger partial charge is 0.257 e. The van der Waals surface area contributed by atoms with Gasteiger partial charge in [-0.3, -0.25) is 4.79 Å². The van der Waals surface area contributed by atoms with Crippen LogP contribution < -0.4 is 0 Å². The normalized spacial score (nSPS) is 19.3. The Balaban J connectivity index is 1.89. The van der Waals surface area contributed by atoms with Crippen molar-refractivity contribution in [3.63, 3.8) is 0 Å². The second-order valence-corrected chi connectivity index (χ2v) is 5.21. The van der Waals surface area contributed by atoms with E-state index in [0.29, 0.717) is 37.0 Å². The maximum Gasteiger partial charge on any atom is 0.257 e.